The van der Waals surface area contributed by atoms with Gasteiger partial charge >= 0.3 is 0 Å². The fourth-order valence-electron chi connectivity index (χ4n) is 2.85. The highest BCUT2D eigenvalue weighted by Crippen LogP contribution is 2.19. The van der Waals surface area contributed by atoms with Crippen LogP contribution in [0.2, 0.25) is 0 Å². The molecular formula is C22H30N4O2. The number of hydrogen-bond acceptors (Lipinski definition) is 3. The molecule has 2 rings (SSSR count). The van der Waals surface area contributed by atoms with E-state index in [9.17, 15) is 4.79 Å². The second-order valence-corrected chi connectivity index (χ2v) is 6.49. The number of nitrogens with one attached hydrogen (secondary N) is 2. The fourth-order valence-corrected chi connectivity index (χ4v) is 2.85. The molecular weight excluding hydrogens is 352 g/mol. The maximum Gasteiger partial charge on any atom is 0.242 e. The Morgan fingerprint density at radius 1 is 1.14 bits per heavy atom. The molecule has 0 unspecified atom stereocenters. The standard InChI is InChI=1S/C22H30N4O2/c1-5-26(16-18-9-7-6-8-10-18)21(27)15-25-22(23-3)24-14-19-12-11-17(2)13-20(19)28-4/h6-13H,5,14-16H2,1-4H3,(H2,23,24,25). The van der Waals surface area contributed by atoms with E-state index in [-0.39, 0.29) is 12.5 Å². The van der Waals surface area contributed by atoms with Gasteiger partial charge in [-0.15, -0.1) is 0 Å². The zero-order chi connectivity index (χ0) is 20.4. The Morgan fingerprint density at radius 3 is 2.54 bits per heavy atom. The number of rotatable bonds is 8. The van der Waals surface area contributed by atoms with Gasteiger partial charge in [0.1, 0.15) is 5.75 Å². The van der Waals surface area contributed by atoms with Crippen LogP contribution in [0.4, 0.5) is 0 Å². The maximum absolute atomic E-state index is 12.6. The first-order valence-electron chi connectivity index (χ1n) is 9.47. The number of aryl methyl sites for hydroxylation is 1. The monoisotopic (exact) mass is 382 g/mol. The van der Waals surface area contributed by atoms with Crippen molar-refractivity contribution in [3.05, 3.63) is 65.2 Å². The predicted octanol–water partition coefficient (Wildman–Crippen LogP) is 2.72. The van der Waals surface area contributed by atoms with E-state index in [0.717, 1.165) is 22.4 Å². The molecule has 0 saturated carbocycles. The quantitative estimate of drug-likeness (QED) is 0.544. The lowest BCUT2D eigenvalue weighted by Crippen LogP contribution is -2.44. The summed E-state index contributed by atoms with van der Waals surface area (Å²) in [7, 11) is 3.35. The molecule has 2 aromatic carbocycles. The zero-order valence-corrected chi connectivity index (χ0v) is 17.2. The van der Waals surface area contributed by atoms with Crippen molar-refractivity contribution in [3.63, 3.8) is 0 Å². The molecule has 6 nitrogen and oxygen atoms in total. The molecule has 0 aliphatic heterocycles. The molecule has 2 N–H and O–H groups in total. The number of amides is 1. The van der Waals surface area contributed by atoms with Gasteiger partial charge in [0.2, 0.25) is 5.91 Å². The van der Waals surface area contributed by atoms with Gasteiger partial charge in [0.25, 0.3) is 0 Å². The number of benzene rings is 2. The van der Waals surface area contributed by atoms with Crippen molar-refractivity contribution in [2.24, 2.45) is 4.99 Å². The summed E-state index contributed by atoms with van der Waals surface area (Å²) >= 11 is 0. The summed E-state index contributed by atoms with van der Waals surface area (Å²) in [5.41, 5.74) is 3.29. The summed E-state index contributed by atoms with van der Waals surface area (Å²) in [6, 6.07) is 16.1. The Labute approximate surface area is 167 Å². The van der Waals surface area contributed by atoms with Crippen molar-refractivity contribution in [1.29, 1.82) is 0 Å². The minimum atomic E-state index is 0.0298. The van der Waals surface area contributed by atoms with Gasteiger partial charge in [-0.05, 0) is 31.0 Å². The number of hydrogen-bond donors (Lipinski definition) is 2. The van der Waals surface area contributed by atoms with Crippen LogP contribution in [0.3, 0.4) is 0 Å². The lowest BCUT2D eigenvalue weighted by molar-refractivity contribution is -0.130. The number of ether oxygens (including phenoxy) is 1. The van der Waals surface area contributed by atoms with E-state index in [1.165, 1.54) is 0 Å². The summed E-state index contributed by atoms with van der Waals surface area (Å²) in [5, 5.41) is 6.33. The van der Waals surface area contributed by atoms with Crippen LogP contribution in [-0.4, -0.2) is 44.0 Å². The van der Waals surface area contributed by atoms with E-state index < -0.39 is 0 Å². The van der Waals surface area contributed by atoms with Gasteiger partial charge in [0.05, 0.1) is 13.7 Å². The largest absolute Gasteiger partial charge is 0.496 e. The Hall–Kier alpha value is -3.02. The molecule has 0 radical (unpaired) electrons. The van der Waals surface area contributed by atoms with E-state index in [4.69, 9.17) is 4.74 Å². The SMILES string of the molecule is CCN(Cc1ccccc1)C(=O)CNC(=NC)NCc1ccc(C)cc1OC. The second-order valence-electron chi connectivity index (χ2n) is 6.49. The Kier molecular flexibility index (Phi) is 8.34. The van der Waals surface area contributed by atoms with Crippen LogP contribution in [0.15, 0.2) is 53.5 Å². The summed E-state index contributed by atoms with van der Waals surface area (Å²) < 4.78 is 5.43. The van der Waals surface area contributed by atoms with Crippen LogP contribution >= 0.6 is 0 Å². The van der Waals surface area contributed by atoms with Crippen LogP contribution in [0.25, 0.3) is 0 Å². The smallest absolute Gasteiger partial charge is 0.242 e. The van der Waals surface area contributed by atoms with E-state index in [1.54, 1.807) is 14.2 Å². The Bertz CT molecular complexity index is 790. The van der Waals surface area contributed by atoms with Crippen molar-refractivity contribution >= 4 is 11.9 Å². The third-order valence-corrected chi connectivity index (χ3v) is 4.47. The molecule has 28 heavy (non-hydrogen) atoms. The molecule has 0 atom stereocenters. The Morgan fingerprint density at radius 2 is 1.89 bits per heavy atom. The minimum absolute atomic E-state index is 0.0298. The van der Waals surface area contributed by atoms with Crippen LogP contribution in [0.1, 0.15) is 23.6 Å². The molecule has 0 bridgehead atoms. The molecule has 0 fully saturated rings. The first kappa shape index (κ1) is 21.3. The van der Waals surface area contributed by atoms with Gasteiger partial charge in [0, 0.05) is 32.2 Å². The average molecular weight is 383 g/mol. The fraction of sp³-hybridized carbons (Fsp3) is 0.364. The van der Waals surface area contributed by atoms with Crippen molar-refractivity contribution in [2.75, 3.05) is 27.2 Å². The van der Waals surface area contributed by atoms with Crippen LogP contribution in [0, 0.1) is 6.92 Å². The average Bonchev–Trinajstić information content (AvgIpc) is 2.73. The number of carbonyl (C=O) groups excluding carboxylic acids is 1. The van der Waals surface area contributed by atoms with E-state index >= 15 is 0 Å². The number of nitrogens with zero attached hydrogens (tertiary/aromatic N) is 2. The van der Waals surface area contributed by atoms with Crippen molar-refractivity contribution < 1.29 is 9.53 Å². The van der Waals surface area contributed by atoms with Crippen LogP contribution in [-0.2, 0) is 17.9 Å². The van der Waals surface area contributed by atoms with Gasteiger partial charge in [-0.3, -0.25) is 9.79 Å². The van der Waals surface area contributed by atoms with Crippen molar-refractivity contribution in [3.8, 4) is 5.75 Å². The molecule has 1 amide bonds. The van der Waals surface area contributed by atoms with Gasteiger partial charge < -0.3 is 20.3 Å². The molecule has 0 aromatic heterocycles. The molecule has 2 aromatic rings. The van der Waals surface area contributed by atoms with Gasteiger partial charge in [-0.25, -0.2) is 0 Å². The molecule has 0 aliphatic carbocycles. The van der Waals surface area contributed by atoms with Gasteiger partial charge in [-0.2, -0.15) is 0 Å². The predicted molar refractivity (Wildman–Crippen MR) is 113 cm³/mol. The number of aliphatic imine (C=N–C) groups is 1. The topological polar surface area (TPSA) is 66.0 Å². The normalized spacial score (nSPS) is 11.1. The Balaban J connectivity index is 1.88. The van der Waals surface area contributed by atoms with Crippen LogP contribution in [0.5, 0.6) is 5.75 Å². The highest BCUT2D eigenvalue weighted by atomic mass is 16.5. The number of methoxy groups -OCH3 is 1. The summed E-state index contributed by atoms with van der Waals surface area (Å²) in [6.45, 7) is 6.01. The van der Waals surface area contributed by atoms with Gasteiger partial charge in [0.15, 0.2) is 5.96 Å². The maximum atomic E-state index is 12.6. The van der Waals surface area contributed by atoms with E-state index in [2.05, 4.69) is 15.6 Å². The molecule has 6 heteroatoms. The lowest BCUT2D eigenvalue weighted by atomic mass is 10.1. The third kappa shape index (κ3) is 6.30. The zero-order valence-electron chi connectivity index (χ0n) is 17.2. The molecule has 0 heterocycles. The third-order valence-electron chi connectivity index (χ3n) is 4.47. The second kappa shape index (κ2) is 11.0. The number of likely N-dealkylation sites (N-methyl/N-ethyl adjacent to an activating group) is 1. The molecule has 0 aliphatic rings. The van der Waals surface area contributed by atoms with Crippen molar-refractivity contribution in [2.45, 2.75) is 26.9 Å². The van der Waals surface area contributed by atoms with Gasteiger partial charge in [-0.1, -0.05) is 42.5 Å². The number of guanidine groups is 1. The summed E-state index contributed by atoms with van der Waals surface area (Å²) in [4.78, 5) is 18.6. The van der Waals surface area contributed by atoms with Crippen LogP contribution < -0.4 is 15.4 Å². The van der Waals surface area contributed by atoms with E-state index in [1.807, 2.05) is 67.3 Å². The molecule has 0 spiro atoms. The highest BCUT2D eigenvalue weighted by molar-refractivity contribution is 5.86. The highest BCUT2D eigenvalue weighted by Gasteiger charge is 2.13. The summed E-state index contributed by atoms with van der Waals surface area (Å²) in [6.07, 6.45) is 0. The molecule has 150 valence electrons. The number of carbonyl (C=O) groups is 1. The lowest BCUT2D eigenvalue weighted by Gasteiger charge is -2.22. The summed E-state index contributed by atoms with van der Waals surface area (Å²) in [5.74, 6) is 1.44. The first-order chi connectivity index (χ1) is 13.6. The van der Waals surface area contributed by atoms with E-state index in [0.29, 0.717) is 25.6 Å². The molecule has 0 saturated heterocycles. The minimum Gasteiger partial charge on any atom is -0.496 e. The first-order valence-corrected chi connectivity index (χ1v) is 9.47. The van der Waals surface area contributed by atoms with Crippen molar-refractivity contribution in [1.82, 2.24) is 15.5 Å².